The number of rotatable bonds is 2. The average Bonchev–Trinajstić information content (AvgIpc) is 2.48. The Labute approximate surface area is 119 Å². The first-order valence-corrected chi connectivity index (χ1v) is 5.92. The van der Waals surface area contributed by atoms with Crippen molar-refractivity contribution in [1.82, 2.24) is 4.98 Å². The number of pyridine rings is 1. The number of aliphatic hydroxyl groups excluding tert-OH is 1. The highest BCUT2D eigenvalue weighted by Crippen LogP contribution is 2.17. The molecule has 1 aromatic heterocycles. The van der Waals surface area contributed by atoms with E-state index in [1.807, 2.05) is 0 Å². The molecule has 0 fully saturated rings. The molecule has 0 saturated heterocycles. The Balaban J connectivity index is 2.28. The molecule has 1 heterocycles. The number of carbonyl (C=O) groups excluding carboxylic acids is 1. The van der Waals surface area contributed by atoms with Gasteiger partial charge >= 0.3 is 0 Å². The lowest BCUT2D eigenvalue weighted by Crippen LogP contribution is -2.14. The van der Waals surface area contributed by atoms with Gasteiger partial charge in [-0.2, -0.15) is 0 Å². The van der Waals surface area contributed by atoms with Crippen LogP contribution >= 0.6 is 0 Å². The van der Waals surface area contributed by atoms with Crippen LogP contribution in [0.5, 0.6) is 0 Å². The third-order valence-electron chi connectivity index (χ3n) is 2.55. The molecular formula is C15H10F2N2O2. The zero-order chi connectivity index (χ0) is 15.2. The van der Waals surface area contributed by atoms with E-state index in [0.717, 1.165) is 12.1 Å². The molecule has 6 heteroatoms. The van der Waals surface area contributed by atoms with Gasteiger partial charge in [-0.05, 0) is 18.2 Å². The molecule has 0 unspecified atom stereocenters. The SMILES string of the molecule is O=C(Nc1ccc(F)cc1F)c1ccncc1C#CCO. The van der Waals surface area contributed by atoms with Crippen LogP contribution in [-0.4, -0.2) is 22.6 Å². The fourth-order valence-electron chi connectivity index (χ4n) is 1.61. The minimum absolute atomic E-state index is 0.140. The maximum Gasteiger partial charge on any atom is 0.257 e. The number of nitrogens with one attached hydrogen (secondary N) is 1. The summed E-state index contributed by atoms with van der Waals surface area (Å²) in [5, 5.41) is 11.0. The van der Waals surface area contributed by atoms with Gasteiger partial charge in [0, 0.05) is 18.5 Å². The van der Waals surface area contributed by atoms with Crippen LogP contribution in [-0.2, 0) is 0 Å². The standard InChI is InChI=1S/C15H10F2N2O2/c16-11-3-4-14(13(17)8-11)19-15(21)12-5-6-18-9-10(12)2-1-7-20/h3-6,8-9,20H,7H2,(H,19,21). The van der Waals surface area contributed by atoms with Crippen molar-refractivity contribution < 1.29 is 18.7 Å². The Kier molecular flexibility index (Phi) is 4.59. The second kappa shape index (κ2) is 6.59. The lowest BCUT2D eigenvalue weighted by molar-refractivity contribution is 0.102. The predicted molar refractivity (Wildman–Crippen MR) is 72.5 cm³/mol. The first-order chi connectivity index (χ1) is 10.1. The van der Waals surface area contributed by atoms with Crippen molar-refractivity contribution in [2.45, 2.75) is 0 Å². The molecule has 0 spiro atoms. The lowest BCUT2D eigenvalue weighted by atomic mass is 10.1. The molecule has 106 valence electrons. The van der Waals surface area contributed by atoms with Crippen molar-refractivity contribution in [2.24, 2.45) is 0 Å². The summed E-state index contributed by atoms with van der Waals surface area (Å²) in [5.74, 6) is 2.77. The topological polar surface area (TPSA) is 62.2 Å². The van der Waals surface area contributed by atoms with Crippen LogP contribution in [0.2, 0.25) is 0 Å². The van der Waals surface area contributed by atoms with Crippen LogP contribution in [0.4, 0.5) is 14.5 Å². The van der Waals surface area contributed by atoms with E-state index >= 15 is 0 Å². The quantitative estimate of drug-likeness (QED) is 0.830. The second-order valence-corrected chi connectivity index (χ2v) is 3.96. The number of benzene rings is 1. The Hall–Kier alpha value is -2.78. The van der Waals surface area contributed by atoms with Crippen molar-refractivity contribution in [3.63, 3.8) is 0 Å². The van der Waals surface area contributed by atoms with E-state index in [1.54, 1.807) is 0 Å². The third kappa shape index (κ3) is 3.61. The van der Waals surface area contributed by atoms with Crippen molar-refractivity contribution >= 4 is 11.6 Å². The van der Waals surface area contributed by atoms with E-state index in [4.69, 9.17) is 5.11 Å². The Morgan fingerprint density at radius 1 is 1.33 bits per heavy atom. The van der Waals surface area contributed by atoms with E-state index in [0.29, 0.717) is 11.6 Å². The maximum atomic E-state index is 13.5. The van der Waals surface area contributed by atoms with Crippen LogP contribution in [0.1, 0.15) is 15.9 Å². The number of aliphatic hydroxyl groups is 1. The fraction of sp³-hybridized carbons (Fsp3) is 0.0667. The largest absolute Gasteiger partial charge is 0.384 e. The summed E-state index contributed by atoms with van der Waals surface area (Å²) in [5.41, 5.74) is 0.334. The average molecular weight is 288 g/mol. The van der Waals surface area contributed by atoms with Gasteiger partial charge in [0.25, 0.3) is 5.91 Å². The molecule has 0 atom stereocenters. The van der Waals surface area contributed by atoms with E-state index < -0.39 is 17.5 Å². The van der Waals surface area contributed by atoms with Crippen LogP contribution in [0.25, 0.3) is 0 Å². The molecule has 0 aliphatic rings. The summed E-state index contributed by atoms with van der Waals surface area (Å²) in [4.78, 5) is 15.9. The molecule has 4 nitrogen and oxygen atoms in total. The van der Waals surface area contributed by atoms with Gasteiger partial charge in [-0.1, -0.05) is 11.8 Å². The molecule has 0 saturated carbocycles. The molecule has 1 aromatic carbocycles. The first kappa shape index (κ1) is 14.6. The van der Waals surface area contributed by atoms with Gasteiger partial charge < -0.3 is 10.4 Å². The van der Waals surface area contributed by atoms with Gasteiger partial charge in [-0.3, -0.25) is 9.78 Å². The molecule has 2 rings (SSSR count). The minimum Gasteiger partial charge on any atom is -0.384 e. The van der Waals surface area contributed by atoms with Gasteiger partial charge in [0.2, 0.25) is 0 Å². The van der Waals surface area contributed by atoms with Crippen molar-refractivity contribution in [3.8, 4) is 11.8 Å². The summed E-state index contributed by atoms with van der Waals surface area (Å²) >= 11 is 0. The van der Waals surface area contributed by atoms with Crippen LogP contribution < -0.4 is 5.32 Å². The molecule has 2 N–H and O–H groups in total. The van der Waals surface area contributed by atoms with Crippen molar-refractivity contribution in [2.75, 3.05) is 11.9 Å². The normalized spacial score (nSPS) is 9.67. The summed E-state index contributed by atoms with van der Waals surface area (Å²) < 4.78 is 26.3. The Morgan fingerprint density at radius 3 is 2.86 bits per heavy atom. The van der Waals surface area contributed by atoms with E-state index in [2.05, 4.69) is 22.1 Å². The number of amides is 1. The van der Waals surface area contributed by atoms with Gasteiger partial charge in [0.1, 0.15) is 18.2 Å². The molecule has 2 aromatic rings. The zero-order valence-electron chi connectivity index (χ0n) is 10.7. The smallest absolute Gasteiger partial charge is 0.257 e. The Morgan fingerprint density at radius 2 is 2.14 bits per heavy atom. The van der Waals surface area contributed by atoms with Crippen LogP contribution in [0.15, 0.2) is 36.7 Å². The van der Waals surface area contributed by atoms with E-state index in [9.17, 15) is 13.6 Å². The van der Waals surface area contributed by atoms with Crippen LogP contribution in [0.3, 0.4) is 0 Å². The summed E-state index contributed by atoms with van der Waals surface area (Å²) in [7, 11) is 0. The van der Waals surface area contributed by atoms with E-state index in [1.165, 1.54) is 18.5 Å². The van der Waals surface area contributed by atoms with Crippen LogP contribution in [0, 0.1) is 23.5 Å². The fourth-order valence-corrected chi connectivity index (χ4v) is 1.61. The number of anilines is 1. The molecule has 21 heavy (non-hydrogen) atoms. The van der Waals surface area contributed by atoms with Crippen molar-refractivity contribution in [1.29, 1.82) is 0 Å². The summed E-state index contributed by atoms with van der Waals surface area (Å²) in [6, 6.07) is 4.26. The van der Waals surface area contributed by atoms with Crippen molar-refractivity contribution in [3.05, 3.63) is 59.4 Å². The number of hydrogen-bond acceptors (Lipinski definition) is 3. The number of carbonyl (C=O) groups is 1. The molecule has 0 aliphatic carbocycles. The number of hydrogen-bond donors (Lipinski definition) is 2. The van der Waals surface area contributed by atoms with E-state index in [-0.39, 0.29) is 17.9 Å². The summed E-state index contributed by atoms with van der Waals surface area (Å²) in [6.07, 6.45) is 2.75. The Bertz CT molecular complexity index is 736. The first-order valence-electron chi connectivity index (χ1n) is 5.92. The highest BCUT2D eigenvalue weighted by Gasteiger charge is 2.13. The van der Waals surface area contributed by atoms with Gasteiger partial charge in [-0.15, -0.1) is 0 Å². The number of aromatic nitrogens is 1. The summed E-state index contributed by atoms with van der Waals surface area (Å²) in [6.45, 7) is -0.359. The third-order valence-corrected chi connectivity index (χ3v) is 2.55. The lowest BCUT2D eigenvalue weighted by Gasteiger charge is -2.07. The molecule has 0 radical (unpaired) electrons. The number of nitrogens with zero attached hydrogens (tertiary/aromatic N) is 1. The van der Waals surface area contributed by atoms with Gasteiger partial charge in [0.15, 0.2) is 0 Å². The van der Waals surface area contributed by atoms with Gasteiger partial charge in [0.05, 0.1) is 16.8 Å². The molecule has 0 bridgehead atoms. The van der Waals surface area contributed by atoms with Gasteiger partial charge in [-0.25, -0.2) is 8.78 Å². The molecule has 0 aliphatic heterocycles. The maximum absolute atomic E-state index is 13.5. The minimum atomic E-state index is -0.875. The molecule has 1 amide bonds. The monoisotopic (exact) mass is 288 g/mol. The predicted octanol–water partition coefficient (Wildman–Crippen LogP) is 1.96. The number of halogens is 2. The molecular weight excluding hydrogens is 278 g/mol. The zero-order valence-corrected chi connectivity index (χ0v) is 10.7. The highest BCUT2D eigenvalue weighted by atomic mass is 19.1. The second-order valence-electron chi connectivity index (χ2n) is 3.96. The highest BCUT2D eigenvalue weighted by molar-refractivity contribution is 6.05.